The Morgan fingerprint density at radius 2 is 1.86 bits per heavy atom. The molecule has 1 aromatic rings. The van der Waals surface area contributed by atoms with Crippen LogP contribution in [0.25, 0.3) is 0 Å². The Labute approximate surface area is 190 Å². The van der Waals surface area contributed by atoms with Crippen molar-refractivity contribution in [1.82, 2.24) is 15.5 Å². The van der Waals surface area contributed by atoms with E-state index in [2.05, 4.69) is 15.6 Å². The zero-order chi connectivity index (χ0) is 19.8. The zero-order valence-electron chi connectivity index (χ0n) is 17.4. The molecule has 1 aliphatic heterocycles. The molecule has 29 heavy (non-hydrogen) atoms. The number of guanidine groups is 1. The van der Waals surface area contributed by atoms with Crippen molar-refractivity contribution < 1.29 is 14.3 Å². The van der Waals surface area contributed by atoms with Crippen LogP contribution in [0.5, 0.6) is 11.5 Å². The number of ether oxygens (including phenoxy) is 2. The Morgan fingerprint density at radius 3 is 2.52 bits per heavy atom. The molecule has 0 spiro atoms. The third kappa shape index (κ3) is 6.94. The van der Waals surface area contributed by atoms with Crippen LogP contribution in [-0.2, 0) is 4.79 Å². The predicted octanol–water partition coefficient (Wildman–Crippen LogP) is 2.65. The summed E-state index contributed by atoms with van der Waals surface area (Å²) in [7, 11) is 3.41. The van der Waals surface area contributed by atoms with E-state index in [0.717, 1.165) is 49.8 Å². The topological polar surface area (TPSA) is 75.2 Å². The fraction of sp³-hybridized carbons (Fsp3) is 0.619. The molecule has 7 nitrogen and oxygen atoms in total. The Bertz CT molecular complexity index is 662. The van der Waals surface area contributed by atoms with E-state index in [-0.39, 0.29) is 35.9 Å². The Morgan fingerprint density at radius 1 is 1.17 bits per heavy atom. The number of hydrogen-bond donors (Lipinski definition) is 2. The molecule has 2 aliphatic rings. The normalized spacial score (nSPS) is 19.6. The second-order valence-corrected chi connectivity index (χ2v) is 7.42. The molecule has 1 aromatic carbocycles. The first-order valence-electron chi connectivity index (χ1n) is 10.2. The molecule has 0 bridgehead atoms. The van der Waals surface area contributed by atoms with Gasteiger partial charge < -0.3 is 25.0 Å². The summed E-state index contributed by atoms with van der Waals surface area (Å²) in [6.07, 6.45) is 5.47. The van der Waals surface area contributed by atoms with Crippen molar-refractivity contribution in [3.05, 3.63) is 24.3 Å². The van der Waals surface area contributed by atoms with E-state index >= 15 is 0 Å². The van der Waals surface area contributed by atoms with Crippen LogP contribution in [0, 0.1) is 5.92 Å². The fourth-order valence-electron chi connectivity index (χ4n) is 3.91. The summed E-state index contributed by atoms with van der Waals surface area (Å²) in [6.45, 7) is 2.77. The minimum atomic E-state index is 0. The quantitative estimate of drug-likeness (QED) is 0.252. The summed E-state index contributed by atoms with van der Waals surface area (Å²) in [5, 5.41) is 6.70. The van der Waals surface area contributed by atoms with E-state index in [0.29, 0.717) is 19.1 Å². The Hall–Kier alpha value is -1.71. The third-order valence-corrected chi connectivity index (χ3v) is 5.49. The number of carbonyl (C=O) groups is 1. The van der Waals surface area contributed by atoms with Gasteiger partial charge in [-0.25, -0.2) is 0 Å². The second kappa shape index (κ2) is 12.1. The first-order chi connectivity index (χ1) is 13.7. The van der Waals surface area contributed by atoms with E-state index < -0.39 is 0 Å². The van der Waals surface area contributed by atoms with Crippen LogP contribution >= 0.6 is 24.0 Å². The first kappa shape index (κ1) is 23.6. The maximum Gasteiger partial charge on any atom is 0.225 e. The van der Waals surface area contributed by atoms with Crippen LogP contribution < -0.4 is 20.1 Å². The highest BCUT2D eigenvalue weighted by atomic mass is 127. The van der Waals surface area contributed by atoms with Gasteiger partial charge in [0.1, 0.15) is 18.1 Å². The number of likely N-dealkylation sites (tertiary alicyclic amines) is 1. The molecule has 1 saturated heterocycles. The van der Waals surface area contributed by atoms with Crippen molar-refractivity contribution in [1.29, 1.82) is 0 Å². The van der Waals surface area contributed by atoms with Crippen molar-refractivity contribution in [3.8, 4) is 11.5 Å². The largest absolute Gasteiger partial charge is 0.497 e. The third-order valence-electron chi connectivity index (χ3n) is 5.49. The summed E-state index contributed by atoms with van der Waals surface area (Å²) in [4.78, 5) is 18.9. The molecule has 162 valence electrons. The van der Waals surface area contributed by atoms with Gasteiger partial charge in [-0.1, -0.05) is 12.8 Å². The number of nitrogens with zero attached hydrogens (tertiary/aromatic N) is 2. The van der Waals surface area contributed by atoms with Crippen LogP contribution in [0.3, 0.4) is 0 Å². The number of carbonyl (C=O) groups excluding carboxylic acids is 1. The van der Waals surface area contributed by atoms with Gasteiger partial charge in [-0.2, -0.15) is 0 Å². The highest BCUT2D eigenvalue weighted by Gasteiger charge is 2.32. The lowest BCUT2D eigenvalue weighted by Crippen LogP contribution is -2.46. The maximum atomic E-state index is 12.6. The molecule has 1 atom stereocenters. The lowest BCUT2D eigenvalue weighted by Gasteiger charge is -2.21. The number of hydrogen-bond acceptors (Lipinski definition) is 4. The molecule has 3 rings (SSSR count). The fourth-order valence-corrected chi connectivity index (χ4v) is 3.91. The minimum absolute atomic E-state index is 0. The molecule has 8 heteroatoms. The maximum absolute atomic E-state index is 12.6. The van der Waals surface area contributed by atoms with Gasteiger partial charge in [-0.05, 0) is 43.5 Å². The van der Waals surface area contributed by atoms with Gasteiger partial charge in [0.15, 0.2) is 5.96 Å². The standard InChI is InChI=1S/C21H32N4O3.HI/c1-22-21(23-12-14-28-19-9-7-18(27-2)8-10-19)24-17-11-13-25(15-17)20(26)16-5-3-4-6-16;/h7-10,16-17H,3-6,11-15H2,1-2H3,(H2,22,23,24);1H. The molecule has 1 aliphatic carbocycles. The van der Waals surface area contributed by atoms with Gasteiger partial charge in [0, 0.05) is 32.1 Å². The van der Waals surface area contributed by atoms with Gasteiger partial charge in [0.05, 0.1) is 13.7 Å². The van der Waals surface area contributed by atoms with Crippen molar-refractivity contribution >= 4 is 35.8 Å². The molecule has 1 unspecified atom stereocenters. The SMILES string of the molecule is CN=C(NCCOc1ccc(OC)cc1)NC1CCN(C(=O)C2CCCC2)C1.I. The van der Waals surface area contributed by atoms with Crippen LogP contribution in [0.4, 0.5) is 0 Å². The lowest BCUT2D eigenvalue weighted by molar-refractivity contribution is -0.134. The number of methoxy groups -OCH3 is 1. The second-order valence-electron chi connectivity index (χ2n) is 7.42. The first-order valence-corrected chi connectivity index (χ1v) is 10.2. The highest BCUT2D eigenvalue weighted by molar-refractivity contribution is 14.0. The summed E-state index contributed by atoms with van der Waals surface area (Å²) >= 11 is 0. The Kier molecular flexibility index (Phi) is 9.83. The van der Waals surface area contributed by atoms with Crippen LogP contribution in [0.1, 0.15) is 32.1 Å². The molecular formula is C21H33IN4O3. The molecule has 2 N–H and O–H groups in total. The molecule has 0 radical (unpaired) electrons. The van der Waals surface area contributed by atoms with E-state index in [1.807, 2.05) is 29.2 Å². The van der Waals surface area contributed by atoms with Gasteiger partial charge >= 0.3 is 0 Å². The molecule has 2 fully saturated rings. The van der Waals surface area contributed by atoms with Crippen molar-refractivity contribution in [2.75, 3.05) is 40.4 Å². The van der Waals surface area contributed by atoms with Gasteiger partial charge in [0.2, 0.25) is 5.91 Å². The monoisotopic (exact) mass is 516 g/mol. The van der Waals surface area contributed by atoms with E-state index in [9.17, 15) is 4.79 Å². The number of aliphatic imine (C=N–C) groups is 1. The van der Waals surface area contributed by atoms with Crippen molar-refractivity contribution in [2.24, 2.45) is 10.9 Å². The summed E-state index contributed by atoms with van der Waals surface area (Å²) in [6, 6.07) is 7.78. The predicted molar refractivity (Wildman–Crippen MR) is 125 cm³/mol. The number of rotatable bonds is 7. The number of amides is 1. The smallest absolute Gasteiger partial charge is 0.225 e. The van der Waals surface area contributed by atoms with E-state index in [1.54, 1.807) is 14.2 Å². The average molecular weight is 516 g/mol. The van der Waals surface area contributed by atoms with Crippen LogP contribution in [0.2, 0.25) is 0 Å². The molecule has 1 saturated carbocycles. The zero-order valence-corrected chi connectivity index (χ0v) is 19.7. The van der Waals surface area contributed by atoms with E-state index in [1.165, 1.54) is 12.8 Å². The number of benzene rings is 1. The van der Waals surface area contributed by atoms with Crippen molar-refractivity contribution in [3.63, 3.8) is 0 Å². The molecule has 1 amide bonds. The average Bonchev–Trinajstić information content (AvgIpc) is 3.42. The Balaban J connectivity index is 0.00000300. The van der Waals surface area contributed by atoms with Crippen LogP contribution in [-0.4, -0.2) is 63.2 Å². The van der Waals surface area contributed by atoms with Crippen molar-refractivity contribution in [2.45, 2.75) is 38.1 Å². The number of halogens is 1. The number of nitrogens with one attached hydrogen (secondary N) is 2. The van der Waals surface area contributed by atoms with Gasteiger partial charge in [-0.3, -0.25) is 9.79 Å². The van der Waals surface area contributed by atoms with E-state index in [4.69, 9.17) is 9.47 Å². The summed E-state index contributed by atoms with van der Waals surface area (Å²) in [5.41, 5.74) is 0. The highest BCUT2D eigenvalue weighted by Crippen LogP contribution is 2.27. The van der Waals surface area contributed by atoms with Gasteiger partial charge in [-0.15, -0.1) is 24.0 Å². The van der Waals surface area contributed by atoms with Crippen LogP contribution in [0.15, 0.2) is 29.3 Å². The summed E-state index contributed by atoms with van der Waals surface area (Å²) < 4.78 is 10.9. The van der Waals surface area contributed by atoms with Gasteiger partial charge in [0.25, 0.3) is 0 Å². The molecular weight excluding hydrogens is 483 g/mol. The molecule has 0 aromatic heterocycles. The lowest BCUT2D eigenvalue weighted by atomic mass is 10.1. The minimum Gasteiger partial charge on any atom is -0.497 e. The summed E-state index contributed by atoms with van der Waals surface area (Å²) in [5.74, 6) is 2.97. The molecule has 1 heterocycles.